The molecule has 3 heterocycles. The number of thiophene rings is 1. The van der Waals surface area contributed by atoms with E-state index in [0.717, 1.165) is 40.0 Å². The van der Waals surface area contributed by atoms with Crippen LogP contribution in [0.2, 0.25) is 5.28 Å². The first kappa shape index (κ1) is 16.7. The van der Waals surface area contributed by atoms with Gasteiger partial charge in [-0.3, -0.25) is 0 Å². The lowest BCUT2D eigenvalue weighted by molar-refractivity contribution is 0.412. The first-order chi connectivity index (χ1) is 12.0. The van der Waals surface area contributed by atoms with Crippen LogP contribution < -0.4 is 4.90 Å². The van der Waals surface area contributed by atoms with Gasteiger partial charge in [-0.25, -0.2) is 9.37 Å². The van der Waals surface area contributed by atoms with Crippen molar-refractivity contribution in [2.75, 3.05) is 4.90 Å². The molecule has 3 aromatic rings. The Morgan fingerprint density at radius 1 is 1.12 bits per heavy atom. The fourth-order valence-electron chi connectivity index (χ4n) is 3.77. The quantitative estimate of drug-likeness (QED) is 0.521. The van der Waals surface area contributed by atoms with Crippen LogP contribution in [0, 0.1) is 5.82 Å². The van der Waals surface area contributed by atoms with Gasteiger partial charge >= 0.3 is 0 Å². The van der Waals surface area contributed by atoms with E-state index in [9.17, 15) is 4.39 Å². The number of piperidine rings is 1. The summed E-state index contributed by atoms with van der Waals surface area (Å²) in [5.74, 6) is 0.663. The number of anilines is 1. The van der Waals surface area contributed by atoms with Crippen LogP contribution in [0.5, 0.6) is 0 Å². The average molecular weight is 376 g/mol. The van der Waals surface area contributed by atoms with E-state index in [2.05, 4.69) is 34.1 Å². The van der Waals surface area contributed by atoms with Gasteiger partial charge in [-0.05, 0) is 62.4 Å². The zero-order chi connectivity index (χ0) is 17.6. The van der Waals surface area contributed by atoms with Crippen LogP contribution >= 0.6 is 22.9 Å². The third kappa shape index (κ3) is 3.00. The molecule has 4 rings (SSSR count). The van der Waals surface area contributed by atoms with Gasteiger partial charge in [-0.1, -0.05) is 12.1 Å². The Balaban J connectivity index is 1.94. The third-order valence-corrected chi connectivity index (χ3v) is 6.02. The largest absolute Gasteiger partial charge is 0.351 e. The highest BCUT2D eigenvalue weighted by Crippen LogP contribution is 2.41. The number of benzene rings is 1. The van der Waals surface area contributed by atoms with Gasteiger partial charge in [0.05, 0.1) is 5.39 Å². The molecule has 6 heteroatoms. The molecule has 2 atom stereocenters. The zero-order valence-corrected chi connectivity index (χ0v) is 15.7. The van der Waals surface area contributed by atoms with Gasteiger partial charge < -0.3 is 4.90 Å². The molecule has 1 fully saturated rings. The Labute approximate surface area is 155 Å². The molecular formula is C19H19ClFN3S. The van der Waals surface area contributed by atoms with E-state index >= 15 is 0 Å². The molecule has 0 spiro atoms. The molecule has 0 bridgehead atoms. The number of rotatable bonds is 2. The number of aromatic nitrogens is 2. The van der Waals surface area contributed by atoms with E-state index in [0.29, 0.717) is 12.1 Å². The summed E-state index contributed by atoms with van der Waals surface area (Å²) in [7, 11) is 0. The zero-order valence-electron chi connectivity index (χ0n) is 14.2. The van der Waals surface area contributed by atoms with Crippen molar-refractivity contribution in [2.24, 2.45) is 0 Å². The van der Waals surface area contributed by atoms with E-state index in [1.54, 1.807) is 23.5 Å². The lowest BCUT2D eigenvalue weighted by atomic mass is 9.96. The Morgan fingerprint density at radius 2 is 1.80 bits per heavy atom. The summed E-state index contributed by atoms with van der Waals surface area (Å²) in [4.78, 5) is 12.3. The molecule has 0 radical (unpaired) electrons. The lowest BCUT2D eigenvalue weighted by Gasteiger charge is -2.40. The Bertz CT molecular complexity index is 899. The third-order valence-electron chi connectivity index (χ3n) is 4.98. The second-order valence-corrected chi connectivity index (χ2v) is 7.89. The molecule has 1 aromatic carbocycles. The maximum Gasteiger partial charge on any atom is 0.225 e. The van der Waals surface area contributed by atoms with Gasteiger partial charge in [-0.15, -0.1) is 11.3 Å². The maximum atomic E-state index is 13.3. The van der Waals surface area contributed by atoms with Crippen LogP contribution in [0.3, 0.4) is 0 Å². The van der Waals surface area contributed by atoms with Gasteiger partial charge in [0.2, 0.25) is 5.28 Å². The second-order valence-electron chi connectivity index (χ2n) is 6.69. The predicted octanol–water partition coefficient (Wildman–Crippen LogP) is 5.92. The number of hydrogen-bond donors (Lipinski definition) is 0. The first-order valence-electron chi connectivity index (χ1n) is 8.53. The van der Waals surface area contributed by atoms with Gasteiger partial charge in [0.1, 0.15) is 16.5 Å². The Hall–Kier alpha value is -1.72. The highest BCUT2D eigenvalue weighted by Gasteiger charge is 2.29. The summed E-state index contributed by atoms with van der Waals surface area (Å²) >= 11 is 7.77. The molecule has 1 aliphatic heterocycles. The molecule has 1 aliphatic rings. The van der Waals surface area contributed by atoms with Crippen molar-refractivity contribution in [3.63, 3.8) is 0 Å². The topological polar surface area (TPSA) is 29.0 Å². The van der Waals surface area contributed by atoms with E-state index in [-0.39, 0.29) is 11.1 Å². The van der Waals surface area contributed by atoms with Crippen LogP contribution in [0.4, 0.5) is 10.2 Å². The molecule has 1 saturated heterocycles. The number of nitrogens with zero attached hydrogens (tertiary/aromatic N) is 3. The molecular weight excluding hydrogens is 357 g/mol. The predicted molar refractivity (Wildman–Crippen MR) is 103 cm³/mol. The fraction of sp³-hybridized carbons (Fsp3) is 0.368. The van der Waals surface area contributed by atoms with Gasteiger partial charge in [0.25, 0.3) is 0 Å². The van der Waals surface area contributed by atoms with Gasteiger partial charge in [0, 0.05) is 23.0 Å². The van der Waals surface area contributed by atoms with E-state index in [4.69, 9.17) is 11.6 Å². The van der Waals surface area contributed by atoms with Gasteiger partial charge in [0.15, 0.2) is 0 Å². The Morgan fingerprint density at radius 3 is 2.48 bits per heavy atom. The number of halogens is 2. The number of hydrogen-bond acceptors (Lipinski definition) is 4. The summed E-state index contributed by atoms with van der Waals surface area (Å²) in [6.07, 6.45) is 3.52. The van der Waals surface area contributed by atoms with E-state index in [1.165, 1.54) is 18.6 Å². The van der Waals surface area contributed by atoms with Gasteiger partial charge in [-0.2, -0.15) is 4.98 Å². The van der Waals surface area contributed by atoms with Crippen molar-refractivity contribution >= 4 is 39.0 Å². The summed E-state index contributed by atoms with van der Waals surface area (Å²) in [6, 6.07) is 7.39. The summed E-state index contributed by atoms with van der Waals surface area (Å²) < 4.78 is 13.3. The van der Waals surface area contributed by atoms with E-state index < -0.39 is 0 Å². The van der Waals surface area contributed by atoms with Crippen molar-refractivity contribution in [3.05, 3.63) is 40.7 Å². The standard InChI is InChI=1S/C19H19ClFN3S/c1-11-4-3-5-12(2)24(11)17-16-15(13-6-8-14(21)9-7-13)10-25-18(16)23-19(20)22-17/h6-12H,3-5H2,1-2H3. The molecule has 2 aromatic heterocycles. The SMILES string of the molecule is CC1CCCC(C)N1c1nc(Cl)nc2scc(-c3ccc(F)cc3)c12. The van der Waals surface area contributed by atoms with Crippen LogP contribution in [0.1, 0.15) is 33.1 Å². The van der Waals surface area contributed by atoms with Crippen molar-refractivity contribution < 1.29 is 4.39 Å². The maximum absolute atomic E-state index is 13.3. The second kappa shape index (κ2) is 6.54. The lowest BCUT2D eigenvalue weighted by Crippen LogP contribution is -2.44. The molecule has 3 nitrogen and oxygen atoms in total. The van der Waals surface area contributed by atoms with Crippen LogP contribution in [0.15, 0.2) is 29.6 Å². The number of fused-ring (bicyclic) bond motifs is 1. The van der Waals surface area contributed by atoms with Crippen molar-refractivity contribution in [1.82, 2.24) is 9.97 Å². The molecule has 2 unspecified atom stereocenters. The minimum absolute atomic E-state index is 0.235. The smallest absolute Gasteiger partial charge is 0.225 e. The normalized spacial score (nSPS) is 21.0. The fourth-order valence-corrected chi connectivity index (χ4v) is 4.92. The monoisotopic (exact) mass is 375 g/mol. The van der Waals surface area contributed by atoms with Crippen LogP contribution in [0.25, 0.3) is 21.3 Å². The molecule has 0 N–H and O–H groups in total. The molecule has 130 valence electrons. The summed E-state index contributed by atoms with van der Waals surface area (Å²) in [5.41, 5.74) is 2.01. The van der Waals surface area contributed by atoms with Crippen LogP contribution in [-0.2, 0) is 0 Å². The molecule has 0 amide bonds. The van der Waals surface area contributed by atoms with Crippen molar-refractivity contribution in [3.8, 4) is 11.1 Å². The first-order valence-corrected chi connectivity index (χ1v) is 9.79. The van der Waals surface area contributed by atoms with Crippen molar-refractivity contribution in [1.29, 1.82) is 0 Å². The highest BCUT2D eigenvalue weighted by molar-refractivity contribution is 7.17. The molecule has 25 heavy (non-hydrogen) atoms. The van der Waals surface area contributed by atoms with Crippen LogP contribution in [-0.4, -0.2) is 22.1 Å². The van der Waals surface area contributed by atoms with Crippen molar-refractivity contribution in [2.45, 2.75) is 45.2 Å². The Kier molecular flexibility index (Phi) is 4.38. The minimum atomic E-state index is -0.235. The average Bonchev–Trinajstić information content (AvgIpc) is 2.99. The minimum Gasteiger partial charge on any atom is -0.351 e. The highest BCUT2D eigenvalue weighted by atomic mass is 35.5. The molecule has 0 aliphatic carbocycles. The van der Waals surface area contributed by atoms with E-state index in [1.807, 2.05) is 0 Å². The summed E-state index contributed by atoms with van der Waals surface area (Å²) in [5, 5.41) is 3.35. The molecule has 0 saturated carbocycles. The summed E-state index contributed by atoms with van der Waals surface area (Å²) in [6.45, 7) is 4.48.